The van der Waals surface area contributed by atoms with E-state index in [1.165, 1.54) is 13.1 Å². The van der Waals surface area contributed by atoms with E-state index in [2.05, 4.69) is 0 Å². The quantitative estimate of drug-likeness (QED) is 0.853. The molecule has 0 aliphatic carbocycles. The van der Waals surface area contributed by atoms with Crippen molar-refractivity contribution in [1.82, 2.24) is 9.21 Å². The number of hydrogen-bond acceptors (Lipinski definition) is 4. The minimum Gasteiger partial charge on any atom is -0.392 e. The van der Waals surface area contributed by atoms with Crippen LogP contribution >= 0.6 is 11.6 Å². The normalized spacial score (nSPS) is 12.4. The predicted molar refractivity (Wildman–Crippen MR) is 75.7 cm³/mol. The van der Waals surface area contributed by atoms with Crippen LogP contribution in [0, 0.1) is 5.82 Å². The number of rotatable bonds is 6. The van der Waals surface area contributed by atoms with Crippen LogP contribution in [0.15, 0.2) is 17.0 Å². The Balaban J connectivity index is 3.12. The van der Waals surface area contributed by atoms with Gasteiger partial charge in [-0.05, 0) is 26.2 Å². The summed E-state index contributed by atoms with van der Waals surface area (Å²) >= 11 is 5.65. The zero-order valence-electron chi connectivity index (χ0n) is 11.6. The van der Waals surface area contributed by atoms with Crippen LogP contribution < -0.4 is 0 Å². The Hall–Kier alpha value is -0.730. The van der Waals surface area contributed by atoms with Gasteiger partial charge in [0.05, 0.1) is 16.5 Å². The maximum absolute atomic E-state index is 13.6. The molecule has 0 spiro atoms. The molecule has 0 unspecified atom stereocenters. The fraction of sp³-hybridized carbons (Fsp3) is 0.500. The van der Waals surface area contributed by atoms with Gasteiger partial charge in [0.2, 0.25) is 10.0 Å². The fourth-order valence-electron chi connectivity index (χ4n) is 1.52. The van der Waals surface area contributed by atoms with E-state index < -0.39 is 22.4 Å². The van der Waals surface area contributed by atoms with Crippen LogP contribution in [0.4, 0.5) is 4.39 Å². The van der Waals surface area contributed by atoms with E-state index in [0.29, 0.717) is 6.54 Å². The van der Waals surface area contributed by atoms with Crippen molar-refractivity contribution in [2.45, 2.75) is 11.5 Å². The molecule has 0 aromatic heterocycles. The van der Waals surface area contributed by atoms with Crippen molar-refractivity contribution in [2.75, 3.05) is 34.2 Å². The van der Waals surface area contributed by atoms with Gasteiger partial charge < -0.3 is 10.0 Å². The molecule has 0 radical (unpaired) electrons. The molecule has 0 amide bonds. The van der Waals surface area contributed by atoms with Crippen molar-refractivity contribution >= 4 is 21.6 Å². The number of likely N-dealkylation sites (N-methyl/N-ethyl adjacent to an activating group) is 2. The smallest absolute Gasteiger partial charge is 0.242 e. The summed E-state index contributed by atoms with van der Waals surface area (Å²) in [7, 11) is 1.26. The zero-order valence-corrected chi connectivity index (χ0v) is 13.2. The third-order valence-electron chi connectivity index (χ3n) is 2.82. The Morgan fingerprint density at radius 2 is 1.85 bits per heavy atom. The molecule has 5 nitrogen and oxygen atoms in total. The van der Waals surface area contributed by atoms with Gasteiger partial charge >= 0.3 is 0 Å². The van der Waals surface area contributed by atoms with Gasteiger partial charge in [0.1, 0.15) is 5.82 Å². The number of nitrogens with zero attached hydrogens (tertiary/aromatic N) is 2. The van der Waals surface area contributed by atoms with Crippen LogP contribution in [0.3, 0.4) is 0 Å². The number of aliphatic hydroxyl groups is 1. The molecule has 1 aromatic rings. The van der Waals surface area contributed by atoms with E-state index in [0.717, 1.165) is 10.4 Å². The Bertz CT molecular complexity index is 578. The standard InChI is InChI=1S/C12H18ClFN2O3S/c1-15(2)4-5-16(3)20(18,19)10-6-9(8-17)12(13)11(14)7-10/h6-7,17H,4-5,8H2,1-3H3. The van der Waals surface area contributed by atoms with E-state index in [-0.39, 0.29) is 22.0 Å². The van der Waals surface area contributed by atoms with Gasteiger partial charge in [-0.25, -0.2) is 12.8 Å². The fourth-order valence-corrected chi connectivity index (χ4v) is 2.92. The van der Waals surface area contributed by atoms with Crippen LogP contribution in [0.2, 0.25) is 5.02 Å². The Morgan fingerprint density at radius 1 is 1.25 bits per heavy atom. The summed E-state index contributed by atoms with van der Waals surface area (Å²) in [4.78, 5) is 1.62. The van der Waals surface area contributed by atoms with Crippen molar-refractivity contribution in [2.24, 2.45) is 0 Å². The average Bonchev–Trinajstić information content (AvgIpc) is 2.38. The average molecular weight is 325 g/mol. The third-order valence-corrected chi connectivity index (χ3v) is 5.08. The highest BCUT2D eigenvalue weighted by molar-refractivity contribution is 7.89. The van der Waals surface area contributed by atoms with Crippen LogP contribution in [0.1, 0.15) is 5.56 Å². The lowest BCUT2D eigenvalue weighted by Crippen LogP contribution is -2.33. The number of hydrogen-bond donors (Lipinski definition) is 1. The molecule has 0 heterocycles. The number of aliphatic hydroxyl groups excluding tert-OH is 1. The molecule has 114 valence electrons. The van der Waals surface area contributed by atoms with Crippen molar-refractivity contribution in [3.05, 3.63) is 28.5 Å². The summed E-state index contributed by atoms with van der Waals surface area (Å²) in [5, 5.41) is 8.82. The molecule has 8 heteroatoms. The molecule has 1 aromatic carbocycles. The second kappa shape index (κ2) is 6.82. The van der Waals surface area contributed by atoms with Gasteiger partial charge in [-0.15, -0.1) is 0 Å². The maximum atomic E-state index is 13.6. The third kappa shape index (κ3) is 3.89. The molecule has 0 saturated heterocycles. The zero-order chi connectivity index (χ0) is 15.5. The minimum absolute atomic E-state index is 0.0475. The molecule has 0 atom stereocenters. The molecular formula is C12H18ClFN2O3S. The second-order valence-corrected chi connectivity index (χ2v) is 7.09. The summed E-state index contributed by atoms with van der Waals surface area (Å²) in [5.41, 5.74) is 0.0475. The first-order valence-electron chi connectivity index (χ1n) is 5.90. The van der Waals surface area contributed by atoms with Crippen LogP contribution in [-0.2, 0) is 16.6 Å². The first kappa shape index (κ1) is 17.3. The molecule has 0 bridgehead atoms. The van der Waals surface area contributed by atoms with Gasteiger partial charge in [0, 0.05) is 25.7 Å². The molecule has 0 fully saturated rings. The number of halogens is 2. The lowest BCUT2D eigenvalue weighted by molar-refractivity contribution is 0.281. The molecule has 0 aliphatic rings. The summed E-state index contributed by atoms with van der Waals surface area (Å²) in [6.07, 6.45) is 0. The molecule has 20 heavy (non-hydrogen) atoms. The molecular weight excluding hydrogens is 307 g/mol. The van der Waals surface area contributed by atoms with E-state index in [9.17, 15) is 12.8 Å². The first-order valence-corrected chi connectivity index (χ1v) is 7.71. The SMILES string of the molecule is CN(C)CCN(C)S(=O)(=O)c1cc(F)c(Cl)c(CO)c1. The van der Waals surface area contributed by atoms with Crippen molar-refractivity contribution in [3.8, 4) is 0 Å². The lowest BCUT2D eigenvalue weighted by Gasteiger charge is -2.20. The lowest BCUT2D eigenvalue weighted by atomic mass is 10.2. The van der Waals surface area contributed by atoms with E-state index in [1.54, 1.807) is 0 Å². The Morgan fingerprint density at radius 3 is 2.35 bits per heavy atom. The van der Waals surface area contributed by atoms with Gasteiger partial charge in [0.25, 0.3) is 0 Å². The van der Waals surface area contributed by atoms with E-state index >= 15 is 0 Å². The van der Waals surface area contributed by atoms with Gasteiger partial charge in [-0.3, -0.25) is 0 Å². The Kier molecular flexibility index (Phi) is 5.91. The highest BCUT2D eigenvalue weighted by Crippen LogP contribution is 2.25. The molecule has 1 N–H and O–H groups in total. The van der Waals surface area contributed by atoms with Gasteiger partial charge in [0.15, 0.2) is 0 Å². The summed E-state index contributed by atoms with van der Waals surface area (Å²) in [6.45, 7) is 0.285. The predicted octanol–water partition coefficient (Wildman–Crippen LogP) is 1.15. The summed E-state index contributed by atoms with van der Waals surface area (Å²) in [6, 6.07) is 2.05. The molecule has 0 aliphatic heterocycles. The minimum atomic E-state index is -3.81. The first-order chi connectivity index (χ1) is 9.20. The largest absolute Gasteiger partial charge is 0.392 e. The molecule has 1 rings (SSSR count). The number of sulfonamides is 1. The van der Waals surface area contributed by atoms with Crippen LogP contribution in [0.5, 0.6) is 0 Å². The highest BCUT2D eigenvalue weighted by Gasteiger charge is 2.23. The summed E-state index contributed by atoms with van der Waals surface area (Å²) < 4.78 is 39.3. The monoisotopic (exact) mass is 324 g/mol. The van der Waals surface area contributed by atoms with Gasteiger partial charge in [-0.2, -0.15) is 4.31 Å². The van der Waals surface area contributed by atoms with Gasteiger partial charge in [-0.1, -0.05) is 11.6 Å². The second-order valence-electron chi connectivity index (χ2n) is 4.67. The Labute approximate surface area is 123 Å². The summed E-state index contributed by atoms with van der Waals surface area (Å²) in [5.74, 6) is -0.863. The van der Waals surface area contributed by atoms with Crippen LogP contribution in [-0.4, -0.2) is 57.0 Å². The maximum Gasteiger partial charge on any atom is 0.242 e. The van der Waals surface area contributed by atoms with Crippen molar-refractivity contribution < 1.29 is 17.9 Å². The topological polar surface area (TPSA) is 60.9 Å². The van der Waals surface area contributed by atoms with Crippen LogP contribution in [0.25, 0.3) is 0 Å². The van der Waals surface area contributed by atoms with E-state index in [1.807, 2.05) is 19.0 Å². The highest BCUT2D eigenvalue weighted by atomic mass is 35.5. The van der Waals surface area contributed by atoms with Crippen molar-refractivity contribution in [3.63, 3.8) is 0 Å². The number of benzene rings is 1. The molecule has 0 saturated carbocycles. The van der Waals surface area contributed by atoms with Crippen molar-refractivity contribution in [1.29, 1.82) is 0 Å². The van der Waals surface area contributed by atoms with E-state index in [4.69, 9.17) is 16.7 Å².